The second-order valence-electron chi connectivity index (χ2n) is 9.98. The Bertz CT molecular complexity index is 1610. The van der Waals surface area contributed by atoms with Crippen molar-refractivity contribution in [1.82, 2.24) is 0 Å². The number of carbonyl (C=O) groups is 3. The highest BCUT2D eigenvalue weighted by Gasteiger charge is 2.43. The number of aldehydes is 1. The summed E-state index contributed by atoms with van der Waals surface area (Å²) >= 11 is 0. The van der Waals surface area contributed by atoms with E-state index in [4.69, 9.17) is 0 Å². The molecular formula is C40H40BrO5P. The number of ether oxygens (including phenoxy) is 2. The third-order valence-corrected chi connectivity index (χ3v) is 11.7. The Morgan fingerprint density at radius 3 is 1.32 bits per heavy atom. The number of carbonyl (C=O) groups excluding carboxylic acids is 3. The maximum absolute atomic E-state index is 11.1. The first-order valence-electron chi connectivity index (χ1n) is 14.9. The summed E-state index contributed by atoms with van der Waals surface area (Å²) < 4.78 is 9.09. The van der Waals surface area contributed by atoms with Gasteiger partial charge in [0.15, 0.2) is 0 Å². The molecule has 0 aromatic heterocycles. The first-order chi connectivity index (χ1) is 22.4. The Labute approximate surface area is 289 Å². The van der Waals surface area contributed by atoms with E-state index in [1.807, 2.05) is 31.2 Å². The average Bonchev–Trinajstić information content (AvgIpc) is 3.13. The predicted molar refractivity (Wildman–Crippen MR) is 191 cm³/mol. The Kier molecular flexibility index (Phi) is 16.8. The molecule has 0 aliphatic rings. The summed E-state index contributed by atoms with van der Waals surface area (Å²) in [6.45, 7) is 4.26. The molecule has 0 spiro atoms. The summed E-state index contributed by atoms with van der Waals surface area (Å²) in [5.74, 6) is -0.731. The molecule has 0 saturated carbocycles. The van der Waals surface area contributed by atoms with Crippen molar-refractivity contribution in [2.75, 3.05) is 20.4 Å². The molecule has 5 aromatic carbocycles. The van der Waals surface area contributed by atoms with Crippen molar-refractivity contribution in [3.05, 3.63) is 168 Å². The molecule has 5 rings (SSSR count). The van der Waals surface area contributed by atoms with Crippen LogP contribution in [0.5, 0.6) is 0 Å². The van der Waals surface area contributed by atoms with Crippen LogP contribution in [0.3, 0.4) is 0 Å². The molecule has 47 heavy (non-hydrogen) atoms. The SMILES string of the molecule is CC=Cc1cccc(C(=O)OC)c1.CC[P+](c1ccccc1)(c1ccccc1)c1ccccc1.COC(=O)c1cccc(C=O)c1.[Br-]. The van der Waals surface area contributed by atoms with Gasteiger partial charge in [-0.15, -0.1) is 0 Å². The maximum atomic E-state index is 11.1. The van der Waals surface area contributed by atoms with Crippen LogP contribution >= 0.6 is 7.26 Å². The van der Waals surface area contributed by atoms with Crippen molar-refractivity contribution >= 4 is 47.5 Å². The lowest BCUT2D eigenvalue weighted by Crippen LogP contribution is -3.00. The first-order valence-corrected chi connectivity index (χ1v) is 16.9. The lowest BCUT2D eigenvalue weighted by molar-refractivity contribution is -0.0000437. The van der Waals surface area contributed by atoms with E-state index in [0.29, 0.717) is 23.0 Å². The molecule has 0 amide bonds. The van der Waals surface area contributed by atoms with Gasteiger partial charge in [0.05, 0.1) is 31.5 Å². The van der Waals surface area contributed by atoms with Crippen LogP contribution in [-0.2, 0) is 9.47 Å². The second-order valence-corrected chi connectivity index (χ2v) is 13.8. The second kappa shape index (κ2) is 20.5. The molecule has 0 bridgehead atoms. The van der Waals surface area contributed by atoms with E-state index in [-0.39, 0.29) is 23.0 Å². The van der Waals surface area contributed by atoms with Gasteiger partial charge in [-0.2, -0.15) is 0 Å². The fraction of sp³-hybridized carbons (Fsp3) is 0.125. The molecule has 242 valence electrons. The van der Waals surface area contributed by atoms with Gasteiger partial charge in [-0.3, -0.25) is 4.79 Å². The van der Waals surface area contributed by atoms with Gasteiger partial charge in [0, 0.05) is 5.56 Å². The maximum Gasteiger partial charge on any atom is 0.337 e. The van der Waals surface area contributed by atoms with Crippen LogP contribution in [0.4, 0.5) is 0 Å². The molecule has 0 radical (unpaired) electrons. The molecule has 7 heteroatoms. The van der Waals surface area contributed by atoms with Crippen LogP contribution in [0.2, 0.25) is 0 Å². The van der Waals surface area contributed by atoms with Crippen molar-refractivity contribution in [1.29, 1.82) is 0 Å². The quantitative estimate of drug-likeness (QED) is 0.132. The van der Waals surface area contributed by atoms with Gasteiger partial charge < -0.3 is 26.5 Å². The zero-order chi connectivity index (χ0) is 33.2. The summed E-state index contributed by atoms with van der Waals surface area (Å²) in [4.78, 5) is 32.4. The lowest BCUT2D eigenvalue weighted by atomic mass is 10.1. The van der Waals surface area contributed by atoms with E-state index < -0.39 is 13.2 Å². The summed E-state index contributed by atoms with van der Waals surface area (Å²) in [5.41, 5.74) is 2.45. The standard InChI is InChI=1S/C20H20P.C11H12O2.C9H8O3.BrH/c1-2-21(18-12-6-3-7-13-18,19-14-8-4-9-15-19)20-16-10-5-11-17-20;1-3-5-9-6-4-7-10(8-9)11(12)13-2;1-12-9(11)8-4-2-3-7(5-8)6-10;/h3-17H,2H2,1H3;3-8H,1-2H3;2-6H,1H3;1H/q+1;;;/p-1. The number of benzene rings is 5. The largest absolute Gasteiger partial charge is 1.00 e. The predicted octanol–water partition coefficient (Wildman–Crippen LogP) is 4.80. The summed E-state index contributed by atoms with van der Waals surface area (Å²) in [7, 11) is 1.15. The van der Waals surface area contributed by atoms with Crippen molar-refractivity contribution < 1.29 is 40.8 Å². The van der Waals surface area contributed by atoms with E-state index >= 15 is 0 Å². The summed E-state index contributed by atoms with van der Waals surface area (Å²) in [5, 5.41) is 4.39. The number of methoxy groups -OCH3 is 2. The van der Waals surface area contributed by atoms with Gasteiger partial charge in [-0.05, 0) is 80.1 Å². The molecule has 0 unspecified atom stereocenters. The zero-order valence-electron chi connectivity index (χ0n) is 27.1. The van der Waals surface area contributed by atoms with Crippen molar-refractivity contribution in [3.8, 4) is 0 Å². The average molecular weight is 712 g/mol. The fourth-order valence-corrected chi connectivity index (χ4v) is 9.01. The Hall–Kier alpha value is -4.64. The minimum Gasteiger partial charge on any atom is -1.00 e. The molecule has 0 aliphatic carbocycles. The zero-order valence-corrected chi connectivity index (χ0v) is 29.6. The monoisotopic (exact) mass is 710 g/mol. The molecule has 0 aliphatic heterocycles. The summed E-state index contributed by atoms with van der Waals surface area (Å²) in [6.07, 6.45) is 5.69. The Balaban J connectivity index is 0.000000258. The van der Waals surface area contributed by atoms with Gasteiger partial charge in [0.2, 0.25) is 0 Å². The molecular weight excluding hydrogens is 671 g/mol. The Morgan fingerprint density at radius 1 is 0.596 bits per heavy atom. The third-order valence-electron chi connectivity index (χ3n) is 7.18. The van der Waals surface area contributed by atoms with E-state index in [9.17, 15) is 14.4 Å². The number of esters is 2. The third kappa shape index (κ3) is 10.7. The highest BCUT2D eigenvalue weighted by molar-refractivity contribution is 7.95. The van der Waals surface area contributed by atoms with Gasteiger partial charge >= 0.3 is 11.9 Å². The number of rotatable bonds is 8. The summed E-state index contributed by atoms with van der Waals surface area (Å²) in [6, 6.07) is 46.6. The lowest BCUT2D eigenvalue weighted by Gasteiger charge is -2.26. The van der Waals surface area contributed by atoms with Gasteiger partial charge in [-0.1, -0.05) is 91.0 Å². The fourth-order valence-electron chi connectivity index (χ4n) is 4.98. The van der Waals surface area contributed by atoms with Crippen LogP contribution in [-0.4, -0.2) is 38.6 Å². The molecule has 0 heterocycles. The molecule has 5 aromatic rings. The minimum atomic E-state index is -1.53. The molecule has 5 nitrogen and oxygen atoms in total. The minimum absolute atomic E-state index is 0. The van der Waals surface area contributed by atoms with E-state index in [1.54, 1.807) is 30.3 Å². The van der Waals surface area contributed by atoms with Crippen LogP contribution in [0.1, 0.15) is 50.5 Å². The van der Waals surface area contributed by atoms with Crippen molar-refractivity contribution in [2.24, 2.45) is 0 Å². The van der Waals surface area contributed by atoms with E-state index in [2.05, 4.69) is 107 Å². The van der Waals surface area contributed by atoms with Gasteiger partial charge in [-0.25, -0.2) is 9.59 Å². The van der Waals surface area contributed by atoms with Crippen LogP contribution < -0.4 is 32.9 Å². The van der Waals surface area contributed by atoms with Crippen LogP contribution in [0.25, 0.3) is 6.08 Å². The first kappa shape index (κ1) is 38.5. The van der Waals surface area contributed by atoms with Crippen LogP contribution in [0.15, 0.2) is 146 Å². The number of allylic oxidation sites excluding steroid dienone is 1. The smallest absolute Gasteiger partial charge is 0.337 e. The number of halogens is 1. The van der Waals surface area contributed by atoms with E-state index in [0.717, 1.165) is 11.7 Å². The Morgan fingerprint density at radius 2 is 0.979 bits per heavy atom. The molecule has 0 N–H and O–H groups in total. The normalized spacial score (nSPS) is 10.2. The van der Waals surface area contributed by atoms with Gasteiger partial charge in [0.1, 0.15) is 29.5 Å². The highest BCUT2D eigenvalue weighted by Crippen LogP contribution is 2.54. The molecule has 0 fully saturated rings. The van der Waals surface area contributed by atoms with Crippen molar-refractivity contribution in [2.45, 2.75) is 13.8 Å². The topological polar surface area (TPSA) is 69.7 Å². The van der Waals surface area contributed by atoms with E-state index in [1.165, 1.54) is 36.2 Å². The highest BCUT2D eigenvalue weighted by atomic mass is 79.9. The van der Waals surface area contributed by atoms with Crippen molar-refractivity contribution in [3.63, 3.8) is 0 Å². The number of hydrogen-bond acceptors (Lipinski definition) is 5. The number of hydrogen-bond donors (Lipinski definition) is 0. The molecule has 0 atom stereocenters. The van der Waals surface area contributed by atoms with Crippen LogP contribution in [0, 0.1) is 0 Å². The van der Waals surface area contributed by atoms with Gasteiger partial charge in [0.25, 0.3) is 0 Å². The molecule has 0 saturated heterocycles.